The Morgan fingerprint density at radius 2 is 1.85 bits per heavy atom. The fourth-order valence-electron chi connectivity index (χ4n) is 3.20. The van der Waals surface area contributed by atoms with Crippen molar-refractivity contribution in [3.05, 3.63) is 76.8 Å². The number of aromatic amines is 2. The van der Waals surface area contributed by atoms with Crippen LogP contribution in [0.2, 0.25) is 0 Å². The van der Waals surface area contributed by atoms with Crippen molar-refractivity contribution in [2.45, 2.75) is 6.92 Å². The van der Waals surface area contributed by atoms with Gasteiger partial charge >= 0.3 is 5.69 Å². The van der Waals surface area contributed by atoms with Crippen LogP contribution in [0.4, 0.5) is 0 Å². The predicted molar refractivity (Wildman–Crippen MR) is 103 cm³/mol. The monoisotopic (exact) mass is 357 g/mol. The van der Waals surface area contributed by atoms with Crippen molar-refractivity contribution in [1.29, 1.82) is 0 Å². The van der Waals surface area contributed by atoms with Gasteiger partial charge in [0.1, 0.15) is 5.75 Å². The summed E-state index contributed by atoms with van der Waals surface area (Å²) in [5, 5.41) is 0. The third kappa shape index (κ3) is 2.56. The van der Waals surface area contributed by atoms with E-state index < -0.39 is 0 Å². The zero-order chi connectivity index (χ0) is 18.4. The van der Waals surface area contributed by atoms with E-state index in [1.807, 2.05) is 55.5 Å². The van der Waals surface area contributed by atoms with Crippen molar-refractivity contribution in [2.24, 2.45) is 0 Å². The number of benzene rings is 2. The van der Waals surface area contributed by atoms with E-state index in [4.69, 9.17) is 4.74 Å². The molecule has 0 bridgehead atoms. The maximum Gasteiger partial charge on any atom is 0.332 e. The molecule has 5 rings (SSSR count). The van der Waals surface area contributed by atoms with Gasteiger partial charge < -0.3 is 14.7 Å². The number of pyridine rings is 1. The zero-order valence-corrected chi connectivity index (χ0v) is 14.4. The van der Waals surface area contributed by atoms with E-state index in [-0.39, 0.29) is 5.69 Å². The third-order valence-electron chi connectivity index (χ3n) is 4.43. The van der Waals surface area contributed by atoms with Crippen LogP contribution in [-0.4, -0.2) is 24.5 Å². The van der Waals surface area contributed by atoms with Gasteiger partial charge in [-0.3, -0.25) is 0 Å². The standard InChI is InChI=1S/C20H15N5O2/c1-12-11-13(27-19-22-14-5-2-3-6-15(14)23-19)8-9-17(12)25-18-16(24-20(25)26)7-4-10-21-18/h2-11H,1H3,(H,22,23)(H,24,26). The maximum atomic E-state index is 12.4. The molecule has 2 aromatic carbocycles. The van der Waals surface area contributed by atoms with Gasteiger partial charge in [-0.2, -0.15) is 4.98 Å². The molecule has 0 radical (unpaired) electrons. The van der Waals surface area contributed by atoms with Crippen LogP contribution in [0.5, 0.6) is 11.8 Å². The lowest BCUT2D eigenvalue weighted by Crippen LogP contribution is -2.16. The van der Waals surface area contributed by atoms with Crippen molar-refractivity contribution in [1.82, 2.24) is 24.5 Å². The molecule has 0 fully saturated rings. The lowest BCUT2D eigenvalue weighted by Gasteiger charge is -2.09. The topological polar surface area (TPSA) is 88.6 Å². The van der Waals surface area contributed by atoms with E-state index in [2.05, 4.69) is 19.9 Å². The molecule has 0 aliphatic carbocycles. The molecule has 7 nitrogen and oxygen atoms in total. The molecule has 0 spiro atoms. The summed E-state index contributed by atoms with van der Waals surface area (Å²) in [6, 6.07) is 17.3. The molecule has 0 aliphatic rings. The van der Waals surface area contributed by atoms with E-state index in [0.717, 1.165) is 22.3 Å². The molecular formula is C20H15N5O2. The fraction of sp³-hybridized carbons (Fsp3) is 0.0500. The SMILES string of the molecule is Cc1cc(Oc2nc3ccccc3[nH]2)ccc1-n1c(=O)[nH]c2cccnc21. The largest absolute Gasteiger partial charge is 0.426 e. The Morgan fingerprint density at radius 3 is 2.70 bits per heavy atom. The predicted octanol–water partition coefficient (Wildman–Crippen LogP) is 3.69. The number of fused-ring (bicyclic) bond motifs is 2. The highest BCUT2D eigenvalue weighted by molar-refractivity contribution is 5.75. The van der Waals surface area contributed by atoms with Gasteiger partial charge in [-0.15, -0.1) is 0 Å². The smallest absolute Gasteiger partial charge is 0.332 e. The summed E-state index contributed by atoms with van der Waals surface area (Å²) >= 11 is 0. The lowest BCUT2D eigenvalue weighted by atomic mass is 10.2. The summed E-state index contributed by atoms with van der Waals surface area (Å²) < 4.78 is 7.42. The second kappa shape index (κ2) is 5.84. The van der Waals surface area contributed by atoms with Gasteiger partial charge in [0.15, 0.2) is 5.65 Å². The molecule has 5 aromatic rings. The van der Waals surface area contributed by atoms with Crippen molar-refractivity contribution in [2.75, 3.05) is 0 Å². The average Bonchev–Trinajstić information content (AvgIpc) is 3.21. The van der Waals surface area contributed by atoms with Crippen LogP contribution in [-0.2, 0) is 0 Å². The number of H-pyrrole nitrogens is 2. The number of ether oxygens (including phenoxy) is 1. The average molecular weight is 357 g/mol. The molecule has 132 valence electrons. The first-order valence-corrected chi connectivity index (χ1v) is 8.48. The first-order chi connectivity index (χ1) is 13.2. The number of nitrogens with one attached hydrogen (secondary N) is 2. The summed E-state index contributed by atoms with van der Waals surface area (Å²) in [7, 11) is 0. The van der Waals surface area contributed by atoms with E-state index in [9.17, 15) is 4.79 Å². The quantitative estimate of drug-likeness (QED) is 0.515. The molecule has 2 N–H and O–H groups in total. The Bertz CT molecular complexity index is 1310. The molecule has 0 aliphatic heterocycles. The van der Waals surface area contributed by atoms with Gasteiger partial charge in [-0.25, -0.2) is 14.3 Å². The minimum atomic E-state index is -0.224. The summed E-state index contributed by atoms with van der Waals surface area (Å²) in [6.07, 6.45) is 1.67. The number of aromatic nitrogens is 5. The summed E-state index contributed by atoms with van der Waals surface area (Å²) in [5.74, 6) is 0.635. The minimum Gasteiger partial charge on any atom is -0.426 e. The Kier molecular flexibility index (Phi) is 3.33. The Balaban J connectivity index is 1.53. The van der Waals surface area contributed by atoms with Crippen molar-refractivity contribution in [3.8, 4) is 17.4 Å². The second-order valence-electron chi connectivity index (χ2n) is 6.25. The molecular weight excluding hydrogens is 342 g/mol. The number of hydrogen-bond acceptors (Lipinski definition) is 4. The number of rotatable bonds is 3. The van der Waals surface area contributed by atoms with Gasteiger partial charge in [0, 0.05) is 6.20 Å². The number of hydrogen-bond donors (Lipinski definition) is 2. The van der Waals surface area contributed by atoms with E-state index in [1.54, 1.807) is 16.8 Å². The molecule has 0 unspecified atom stereocenters. The van der Waals surface area contributed by atoms with Crippen molar-refractivity contribution in [3.63, 3.8) is 0 Å². The Morgan fingerprint density at radius 1 is 1.00 bits per heavy atom. The fourth-order valence-corrected chi connectivity index (χ4v) is 3.20. The first-order valence-electron chi connectivity index (χ1n) is 8.48. The molecule has 27 heavy (non-hydrogen) atoms. The van der Waals surface area contributed by atoms with Crippen LogP contribution in [0.25, 0.3) is 27.9 Å². The highest BCUT2D eigenvalue weighted by atomic mass is 16.5. The second-order valence-corrected chi connectivity index (χ2v) is 6.25. The maximum absolute atomic E-state index is 12.4. The van der Waals surface area contributed by atoms with Crippen LogP contribution in [0.1, 0.15) is 5.56 Å². The van der Waals surface area contributed by atoms with Gasteiger partial charge in [-0.05, 0) is 55.0 Å². The molecule has 0 atom stereocenters. The number of aryl methyl sites for hydroxylation is 1. The van der Waals surface area contributed by atoms with E-state index in [1.165, 1.54) is 0 Å². The molecule has 3 heterocycles. The van der Waals surface area contributed by atoms with Crippen LogP contribution in [0, 0.1) is 6.92 Å². The Hall–Kier alpha value is -3.87. The molecule has 7 heteroatoms. The normalized spacial score (nSPS) is 11.3. The minimum absolute atomic E-state index is 0.224. The highest BCUT2D eigenvalue weighted by Gasteiger charge is 2.13. The molecule has 0 saturated carbocycles. The zero-order valence-electron chi connectivity index (χ0n) is 14.4. The number of nitrogens with zero attached hydrogens (tertiary/aromatic N) is 3. The van der Waals surface area contributed by atoms with Crippen LogP contribution >= 0.6 is 0 Å². The molecule has 3 aromatic heterocycles. The van der Waals surface area contributed by atoms with Crippen LogP contribution in [0.3, 0.4) is 0 Å². The van der Waals surface area contributed by atoms with E-state index >= 15 is 0 Å². The summed E-state index contributed by atoms with van der Waals surface area (Å²) in [6.45, 7) is 1.93. The summed E-state index contributed by atoms with van der Waals surface area (Å²) in [4.78, 5) is 27.1. The van der Waals surface area contributed by atoms with Crippen molar-refractivity contribution >= 4 is 22.2 Å². The lowest BCUT2D eigenvalue weighted by molar-refractivity contribution is 0.449. The third-order valence-corrected chi connectivity index (χ3v) is 4.43. The van der Waals surface area contributed by atoms with E-state index in [0.29, 0.717) is 22.9 Å². The van der Waals surface area contributed by atoms with Gasteiger partial charge in [0.05, 0.1) is 22.2 Å². The van der Waals surface area contributed by atoms with Gasteiger partial charge in [0.2, 0.25) is 0 Å². The van der Waals surface area contributed by atoms with Crippen molar-refractivity contribution < 1.29 is 4.74 Å². The Labute approximate surface area is 153 Å². The van der Waals surface area contributed by atoms with Gasteiger partial charge in [0.25, 0.3) is 6.01 Å². The number of para-hydroxylation sites is 2. The number of imidazole rings is 2. The van der Waals surface area contributed by atoms with Gasteiger partial charge in [-0.1, -0.05) is 12.1 Å². The summed E-state index contributed by atoms with van der Waals surface area (Å²) in [5.41, 5.74) is 4.47. The van der Waals surface area contributed by atoms with Crippen LogP contribution in [0.15, 0.2) is 65.6 Å². The molecule has 0 saturated heterocycles. The molecule has 0 amide bonds. The van der Waals surface area contributed by atoms with Crippen LogP contribution < -0.4 is 10.4 Å². The first kappa shape index (κ1) is 15.4. The highest BCUT2D eigenvalue weighted by Crippen LogP contribution is 2.26.